The van der Waals surface area contributed by atoms with Crippen LogP contribution >= 0.6 is 34.8 Å². The van der Waals surface area contributed by atoms with E-state index in [1.54, 1.807) is 0 Å². The van der Waals surface area contributed by atoms with Crippen LogP contribution in [0.15, 0.2) is 12.1 Å². The molecular weight excluding hydrogens is 222 g/mol. The van der Waals surface area contributed by atoms with E-state index in [1.165, 1.54) is 12.1 Å². The molecule has 1 aromatic rings. The van der Waals surface area contributed by atoms with Crippen LogP contribution in [0.4, 0.5) is 0 Å². The molecular formula is C7H3Cl3O2. The largest absolute Gasteiger partial charge is 0.506 e. The summed E-state index contributed by atoms with van der Waals surface area (Å²) < 4.78 is 0. The van der Waals surface area contributed by atoms with Crippen molar-refractivity contribution in [3.05, 3.63) is 27.7 Å². The molecule has 0 aliphatic carbocycles. The normalized spacial score (nSPS) is 9.92. The molecule has 0 heterocycles. The Morgan fingerprint density at radius 3 is 2.17 bits per heavy atom. The van der Waals surface area contributed by atoms with Crippen molar-refractivity contribution in [2.24, 2.45) is 0 Å². The molecule has 0 aliphatic heterocycles. The van der Waals surface area contributed by atoms with Crippen molar-refractivity contribution >= 4 is 40.0 Å². The van der Waals surface area contributed by atoms with Crippen LogP contribution < -0.4 is 0 Å². The summed E-state index contributed by atoms with van der Waals surface area (Å²) in [7, 11) is 0. The molecule has 12 heavy (non-hydrogen) atoms. The fourth-order valence-electron chi connectivity index (χ4n) is 0.728. The molecule has 0 saturated carbocycles. The first-order chi connectivity index (χ1) is 5.54. The zero-order chi connectivity index (χ0) is 9.30. The molecule has 0 aromatic heterocycles. The fraction of sp³-hybridized carbons (Fsp3) is 0. The minimum Gasteiger partial charge on any atom is -0.506 e. The summed E-state index contributed by atoms with van der Waals surface area (Å²) in [4.78, 5) is 10.7. The van der Waals surface area contributed by atoms with E-state index >= 15 is 0 Å². The Bertz CT molecular complexity index is 336. The van der Waals surface area contributed by atoms with E-state index in [1.807, 2.05) is 0 Å². The first-order valence-electron chi connectivity index (χ1n) is 2.91. The standard InChI is InChI=1S/C7H3Cl3O2/c8-3-1-2-4(9)6(11)5(3)7(10)12/h1-2,11H. The van der Waals surface area contributed by atoms with Crippen molar-refractivity contribution in [2.75, 3.05) is 0 Å². The van der Waals surface area contributed by atoms with Gasteiger partial charge in [-0.25, -0.2) is 0 Å². The van der Waals surface area contributed by atoms with Crippen LogP contribution in [0.1, 0.15) is 10.4 Å². The zero-order valence-corrected chi connectivity index (χ0v) is 7.91. The molecule has 1 N–H and O–H groups in total. The highest BCUT2D eigenvalue weighted by Gasteiger charge is 2.15. The summed E-state index contributed by atoms with van der Waals surface area (Å²) >= 11 is 16.2. The maximum Gasteiger partial charge on any atom is 0.257 e. The second-order valence-electron chi connectivity index (χ2n) is 2.03. The molecule has 0 atom stereocenters. The molecule has 0 bridgehead atoms. The lowest BCUT2D eigenvalue weighted by atomic mass is 10.2. The summed E-state index contributed by atoms with van der Waals surface area (Å²) in [5.74, 6) is -0.385. The molecule has 0 saturated heterocycles. The first-order valence-corrected chi connectivity index (χ1v) is 4.04. The minimum atomic E-state index is -0.833. The Morgan fingerprint density at radius 2 is 1.75 bits per heavy atom. The summed E-state index contributed by atoms with van der Waals surface area (Å²) in [6.07, 6.45) is 0. The average molecular weight is 225 g/mol. The van der Waals surface area contributed by atoms with Gasteiger partial charge in [0.1, 0.15) is 5.75 Å². The first kappa shape index (κ1) is 9.65. The second kappa shape index (κ2) is 3.52. The third-order valence-electron chi connectivity index (χ3n) is 1.27. The predicted octanol–water partition coefficient (Wildman–Crippen LogP) is 3.08. The van der Waals surface area contributed by atoms with Crippen molar-refractivity contribution in [1.82, 2.24) is 0 Å². The van der Waals surface area contributed by atoms with E-state index in [0.717, 1.165) is 0 Å². The molecule has 64 valence electrons. The number of phenols is 1. The van der Waals surface area contributed by atoms with Crippen molar-refractivity contribution in [2.45, 2.75) is 0 Å². The third kappa shape index (κ3) is 1.66. The van der Waals surface area contributed by atoms with E-state index in [4.69, 9.17) is 34.8 Å². The van der Waals surface area contributed by atoms with Crippen LogP contribution in [0.25, 0.3) is 0 Å². The van der Waals surface area contributed by atoms with E-state index < -0.39 is 5.24 Å². The van der Waals surface area contributed by atoms with Crippen molar-refractivity contribution in [3.63, 3.8) is 0 Å². The SMILES string of the molecule is O=C(Cl)c1c(Cl)ccc(Cl)c1O. The lowest BCUT2D eigenvalue weighted by Gasteiger charge is -2.02. The number of aromatic hydroxyl groups is 1. The Morgan fingerprint density at radius 1 is 1.25 bits per heavy atom. The Hall–Kier alpha value is -0.440. The maximum absolute atomic E-state index is 10.7. The number of carbonyl (C=O) groups is 1. The van der Waals surface area contributed by atoms with Gasteiger partial charge in [0, 0.05) is 0 Å². The molecule has 0 unspecified atom stereocenters. The molecule has 0 radical (unpaired) electrons. The van der Waals surface area contributed by atoms with Gasteiger partial charge in [-0.3, -0.25) is 4.79 Å². The number of hydrogen-bond acceptors (Lipinski definition) is 2. The minimum absolute atomic E-state index is 0.0448. The van der Waals surface area contributed by atoms with E-state index in [-0.39, 0.29) is 21.4 Å². The van der Waals surface area contributed by atoms with E-state index in [0.29, 0.717) is 0 Å². The topological polar surface area (TPSA) is 37.3 Å². The maximum atomic E-state index is 10.7. The summed E-state index contributed by atoms with van der Waals surface area (Å²) in [5, 5.41) is 8.52. The average Bonchev–Trinajstić information content (AvgIpc) is 1.97. The van der Waals surface area contributed by atoms with Crippen molar-refractivity contribution < 1.29 is 9.90 Å². The molecule has 1 aromatic carbocycles. The van der Waals surface area contributed by atoms with Gasteiger partial charge in [-0.05, 0) is 23.7 Å². The summed E-state index contributed by atoms with van der Waals surface area (Å²) in [6, 6.07) is 2.77. The van der Waals surface area contributed by atoms with Gasteiger partial charge < -0.3 is 5.11 Å². The van der Waals surface area contributed by atoms with Gasteiger partial charge in [-0.15, -0.1) is 0 Å². The number of hydrogen-bond donors (Lipinski definition) is 1. The Balaban J connectivity index is 3.43. The van der Waals surface area contributed by atoms with Crippen LogP contribution in [-0.2, 0) is 0 Å². The van der Waals surface area contributed by atoms with Gasteiger partial charge in [0.05, 0.1) is 15.6 Å². The Kier molecular flexibility index (Phi) is 2.83. The van der Waals surface area contributed by atoms with Gasteiger partial charge in [0.25, 0.3) is 5.24 Å². The lowest BCUT2D eigenvalue weighted by Crippen LogP contribution is -1.91. The Labute approximate surface area is 83.7 Å². The fourth-order valence-corrected chi connectivity index (χ4v) is 1.36. The zero-order valence-electron chi connectivity index (χ0n) is 5.64. The quantitative estimate of drug-likeness (QED) is 0.746. The molecule has 2 nitrogen and oxygen atoms in total. The molecule has 0 amide bonds. The van der Waals surface area contributed by atoms with E-state index in [2.05, 4.69) is 0 Å². The van der Waals surface area contributed by atoms with Crippen LogP contribution in [-0.4, -0.2) is 10.3 Å². The highest BCUT2D eigenvalue weighted by atomic mass is 35.5. The molecule has 0 spiro atoms. The monoisotopic (exact) mass is 224 g/mol. The van der Waals surface area contributed by atoms with Crippen LogP contribution in [0.3, 0.4) is 0 Å². The highest BCUT2D eigenvalue weighted by molar-refractivity contribution is 6.69. The van der Waals surface area contributed by atoms with Crippen LogP contribution in [0.5, 0.6) is 5.75 Å². The van der Waals surface area contributed by atoms with Gasteiger partial charge in [-0.1, -0.05) is 23.2 Å². The summed E-state index contributed by atoms with van der Waals surface area (Å²) in [5.41, 5.74) is -0.161. The number of benzene rings is 1. The predicted molar refractivity (Wildman–Crippen MR) is 48.3 cm³/mol. The smallest absolute Gasteiger partial charge is 0.257 e. The van der Waals surface area contributed by atoms with E-state index in [9.17, 15) is 9.90 Å². The molecule has 0 aliphatic rings. The van der Waals surface area contributed by atoms with Gasteiger partial charge in [-0.2, -0.15) is 0 Å². The van der Waals surface area contributed by atoms with Crippen molar-refractivity contribution in [3.8, 4) is 5.75 Å². The van der Waals surface area contributed by atoms with Crippen LogP contribution in [0.2, 0.25) is 10.0 Å². The highest BCUT2D eigenvalue weighted by Crippen LogP contribution is 2.33. The van der Waals surface area contributed by atoms with Crippen molar-refractivity contribution in [1.29, 1.82) is 0 Å². The van der Waals surface area contributed by atoms with Gasteiger partial charge in [0.2, 0.25) is 0 Å². The molecule has 1 rings (SSSR count). The van der Waals surface area contributed by atoms with Crippen LogP contribution in [0, 0.1) is 0 Å². The number of carbonyl (C=O) groups excluding carboxylic acids is 1. The number of phenolic OH excluding ortho intramolecular Hbond substituents is 1. The second-order valence-corrected chi connectivity index (χ2v) is 3.18. The molecule has 0 fully saturated rings. The van der Waals surface area contributed by atoms with Gasteiger partial charge >= 0.3 is 0 Å². The third-order valence-corrected chi connectivity index (χ3v) is 2.08. The number of halogens is 3. The number of rotatable bonds is 1. The lowest BCUT2D eigenvalue weighted by molar-refractivity contribution is 0.107. The molecule has 5 heteroatoms. The summed E-state index contributed by atoms with van der Waals surface area (Å²) in [6.45, 7) is 0. The van der Waals surface area contributed by atoms with Gasteiger partial charge in [0.15, 0.2) is 0 Å².